The van der Waals surface area contributed by atoms with Crippen LogP contribution in [0.1, 0.15) is 65.9 Å². The molecule has 0 saturated heterocycles. The molecule has 1 aliphatic rings. The predicted octanol–water partition coefficient (Wildman–Crippen LogP) is 5.10. The highest BCUT2D eigenvalue weighted by Crippen LogP contribution is 2.35. The van der Waals surface area contributed by atoms with E-state index in [1.165, 1.54) is 18.7 Å². The van der Waals surface area contributed by atoms with Crippen molar-refractivity contribution in [1.29, 1.82) is 0 Å². The molecule has 1 amide bonds. The number of allylic oxidation sites excluding steroid dienone is 1. The third-order valence-electron chi connectivity index (χ3n) is 5.86. The fourth-order valence-electron chi connectivity index (χ4n) is 3.88. The van der Waals surface area contributed by atoms with Crippen molar-refractivity contribution < 1.29 is 9.59 Å². The molecular formula is C25H38N5O2PS. The van der Waals surface area contributed by atoms with Gasteiger partial charge in [0.25, 0.3) is 0 Å². The molecular weight excluding hydrogens is 465 g/mol. The van der Waals surface area contributed by atoms with Crippen molar-refractivity contribution in [3.8, 4) is 0 Å². The molecule has 186 valence electrons. The molecule has 1 unspecified atom stereocenters. The second-order valence-electron chi connectivity index (χ2n) is 8.45. The lowest BCUT2D eigenvalue weighted by atomic mass is 10.1. The Morgan fingerprint density at radius 3 is 2.38 bits per heavy atom. The van der Waals surface area contributed by atoms with Crippen molar-refractivity contribution in [2.24, 2.45) is 15.7 Å². The van der Waals surface area contributed by atoms with Gasteiger partial charge in [0.15, 0.2) is 0 Å². The van der Waals surface area contributed by atoms with Crippen LogP contribution in [0.25, 0.3) is 0 Å². The molecule has 1 heterocycles. The molecule has 1 aliphatic heterocycles. The number of nitrogens with zero attached hydrogens (tertiary/aromatic N) is 4. The van der Waals surface area contributed by atoms with Crippen LogP contribution >= 0.6 is 21.2 Å². The standard InChI is InChI=1S/C25H38N5O2PS/c1-7-9-21(10-8-2)34-25(32)17(4)28-23(16(3)27-6)24(26)29-14-13-19-15-20(11-12-22(19)29)30(33)18(5)31/h11-12,15,21H,7-10,13-14,26,33H2,1-6H3/b24-23-,27-16-,28-17+. The molecule has 0 spiro atoms. The van der Waals surface area contributed by atoms with E-state index in [2.05, 4.69) is 33.2 Å². The number of rotatable bonds is 10. The van der Waals surface area contributed by atoms with E-state index in [1.54, 1.807) is 18.6 Å². The molecule has 1 atom stereocenters. The third-order valence-corrected chi connectivity index (χ3v) is 7.83. The summed E-state index contributed by atoms with van der Waals surface area (Å²) in [5.41, 5.74) is 11.2. The van der Waals surface area contributed by atoms with Crippen molar-refractivity contribution in [3.63, 3.8) is 0 Å². The average molecular weight is 504 g/mol. The number of hydrogen-bond acceptors (Lipinski definition) is 7. The van der Waals surface area contributed by atoms with Crippen LogP contribution in [0.4, 0.5) is 11.4 Å². The normalized spacial score (nSPS) is 14.9. The van der Waals surface area contributed by atoms with E-state index >= 15 is 0 Å². The Labute approximate surface area is 210 Å². The number of carbonyl (C=O) groups is 2. The van der Waals surface area contributed by atoms with E-state index in [4.69, 9.17) is 5.73 Å². The van der Waals surface area contributed by atoms with Crippen LogP contribution in [-0.2, 0) is 16.0 Å². The van der Waals surface area contributed by atoms with E-state index in [-0.39, 0.29) is 11.0 Å². The van der Waals surface area contributed by atoms with E-state index in [0.29, 0.717) is 34.7 Å². The first-order chi connectivity index (χ1) is 16.1. The first kappa shape index (κ1) is 28.1. The number of hydrogen-bond donors (Lipinski definition) is 1. The van der Waals surface area contributed by atoms with Crippen LogP contribution < -0.4 is 15.3 Å². The van der Waals surface area contributed by atoms with Gasteiger partial charge in [-0.05, 0) is 66.3 Å². The summed E-state index contributed by atoms with van der Waals surface area (Å²) in [5, 5.41) is 0.293. The number of amides is 1. The van der Waals surface area contributed by atoms with Crippen molar-refractivity contribution in [2.45, 2.75) is 72.0 Å². The first-order valence-electron chi connectivity index (χ1n) is 11.8. The van der Waals surface area contributed by atoms with Gasteiger partial charge >= 0.3 is 0 Å². The topological polar surface area (TPSA) is 91.4 Å². The summed E-state index contributed by atoms with van der Waals surface area (Å²) in [5.74, 6) is 0.420. The molecule has 9 heteroatoms. The molecule has 0 aliphatic carbocycles. The van der Waals surface area contributed by atoms with E-state index < -0.39 is 0 Å². The fraction of sp³-hybridized carbons (Fsp3) is 0.520. The maximum atomic E-state index is 12.9. The predicted molar refractivity (Wildman–Crippen MR) is 150 cm³/mol. The van der Waals surface area contributed by atoms with Gasteiger partial charge in [0.1, 0.15) is 11.5 Å². The highest BCUT2D eigenvalue weighted by atomic mass is 32.2. The van der Waals surface area contributed by atoms with E-state index in [1.807, 2.05) is 30.0 Å². The van der Waals surface area contributed by atoms with Crippen molar-refractivity contribution in [1.82, 2.24) is 0 Å². The van der Waals surface area contributed by atoms with Gasteiger partial charge in [0.05, 0.1) is 11.4 Å². The van der Waals surface area contributed by atoms with Crippen LogP contribution in [0, 0.1) is 0 Å². The Kier molecular flexibility index (Phi) is 10.8. The summed E-state index contributed by atoms with van der Waals surface area (Å²) in [7, 11) is 4.14. The Morgan fingerprint density at radius 1 is 1.18 bits per heavy atom. The van der Waals surface area contributed by atoms with Crippen molar-refractivity contribution in [2.75, 3.05) is 23.2 Å². The molecule has 0 fully saturated rings. The van der Waals surface area contributed by atoms with Crippen molar-refractivity contribution >= 4 is 55.0 Å². The lowest BCUT2D eigenvalue weighted by Gasteiger charge is -2.23. The van der Waals surface area contributed by atoms with Crippen LogP contribution in [0.5, 0.6) is 0 Å². The number of aliphatic imine (C=N–C) groups is 2. The number of benzene rings is 1. The number of anilines is 2. The summed E-state index contributed by atoms with van der Waals surface area (Å²) in [6.07, 6.45) is 4.93. The number of thioether (sulfide) groups is 1. The Hall–Kier alpha value is -2.18. The SMILES string of the molecule is CCCC(CCC)SC(=O)/C(C)=N/C(C(/C)=N\C)=C(/N)N1CCc2cc(N(P)C(C)=O)ccc21. The number of carbonyl (C=O) groups excluding carboxylic acids is 2. The molecule has 7 nitrogen and oxygen atoms in total. The Morgan fingerprint density at radius 2 is 1.82 bits per heavy atom. The Bertz CT molecular complexity index is 999. The number of fused-ring (bicyclic) bond motifs is 1. The van der Waals surface area contributed by atoms with Gasteiger partial charge in [0, 0.05) is 37.1 Å². The summed E-state index contributed by atoms with van der Waals surface area (Å²) in [6.45, 7) is 10.1. The van der Waals surface area contributed by atoms with Crippen LogP contribution in [0.3, 0.4) is 0 Å². The third kappa shape index (κ3) is 6.92. The molecule has 0 bridgehead atoms. The molecule has 0 radical (unpaired) electrons. The second-order valence-corrected chi connectivity index (χ2v) is 10.2. The maximum absolute atomic E-state index is 12.9. The van der Waals surface area contributed by atoms with Gasteiger partial charge in [-0.3, -0.25) is 19.3 Å². The molecule has 1 aromatic rings. The summed E-state index contributed by atoms with van der Waals surface area (Å²) < 4.78 is 1.54. The van der Waals surface area contributed by atoms with E-state index in [9.17, 15) is 9.59 Å². The van der Waals surface area contributed by atoms with Gasteiger partial charge in [-0.25, -0.2) is 4.99 Å². The fourth-order valence-corrected chi connectivity index (χ4v) is 5.27. The summed E-state index contributed by atoms with van der Waals surface area (Å²) in [6, 6.07) is 5.88. The minimum Gasteiger partial charge on any atom is -0.383 e. The number of nitrogens with two attached hydrogens (primary N) is 1. The molecule has 2 rings (SSSR count). The average Bonchev–Trinajstić information content (AvgIpc) is 3.24. The van der Waals surface area contributed by atoms with Crippen LogP contribution in [-0.4, -0.2) is 41.3 Å². The van der Waals surface area contributed by atoms with Gasteiger partial charge in [0.2, 0.25) is 11.0 Å². The van der Waals surface area contributed by atoms with Gasteiger partial charge < -0.3 is 10.6 Å². The lowest BCUT2D eigenvalue weighted by Crippen LogP contribution is -2.29. The molecule has 2 N–H and O–H groups in total. The monoisotopic (exact) mass is 503 g/mol. The zero-order valence-electron chi connectivity index (χ0n) is 21.2. The Balaban J connectivity index is 2.38. The quantitative estimate of drug-likeness (QED) is 0.354. The highest BCUT2D eigenvalue weighted by Gasteiger charge is 2.25. The lowest BCUT2D eigenvalue weighted by molar-refractivity contribution is -0.115. The molecule has 34 heavy (non-hydrogen) atoms. The molecule has 0 aromatic heterocycles. The zero-order chi connectivity index (χ0) is 25.4. The largest absolute Gasteiger partial charge is 0.383 e. The van der Waals surface area contributed by atoms with Gasteiger partial charge in [-0.15, -0.1) is 0 Å². The molecule has 1 aromatic carbocycles. The minimum atomic E-state index is -0.0521. The molecule has 0 saturated carbocycles. The maximum Gasteiger partial charge on any atom is 0.233 e. The zero-order valence-corrected chi connectivity index (χ0v) is 23.2. The smallest absolute Gasteiger partial charge is 0.233 e. The van der Waals surface area contributed by atoms with Crippen LogP contribution in [0.2, 0.25) is 0 Å². The van der Waals surface area contributed by atoms with Crippen molar-refractivity contribution in [3.05, 3.63) is 35.3 Å². The van der Waals surface area contributed by atoms with E-state index in [0.717, 1.165) is 49.0 Å². The summed E-state index contributed by atoms with van der Waals surface area (Å²) in [4.78, 5) is 35.6. The van der Waals surface area contributed by atoms with Crippen LogP contribution in [0.15, 0.2) is 39.7 Å². The second kappa shape index (κ2) is 13.1. The first-order valence-corrected chi connectivity index (χ1v) is 13.2. The van der Waals surface area contributed by atoms with Gasteiger partial charge in [-0.1, -0.05) is 38.5 Å². The van der Waals surface area contributed by atoms with Gasteiger partial charge in [-0.2, -0.15) is 0 Å². The minimum absolute atomic E-state index is 0.0164. The highest BCUT2D eigenvalue weighted by molar-refractivity contribution is 8.15. The summed E-state index contributed by atoms with van der Waals surface area (Å²) >= 11 is 1.38.